The average molecular weight is 399 g/mol. The summed E-state index contributed by atoms with van der Waals surface area (Å²) in [6, 6.07) is 19.1. The van der Waals surface area contributed by atoms with Gasteiger partial charge in [0.1, 0.15) is 11.9 Å². The predicted molar refractivity (Wildman–Crippen MR) is 95.1 cm³/mol. The molecule has 0 saturated carbocycles. The molecule has 1 aromatic heterocycles. The average Bonchev–Trinajstić information content (AvgIpc) is 3.24. The molecule has 1 aliphatic heterocycles. The molecule has 0 spiro atoms. The molecule has 0 fully saturated rings. The van der Waals surface area contributed by atoms with Crippen LogP contribution in [0.4, 0.5) is 0 Å². The van der Waals surface area contributed by atoms with Crippen LogP contribution in [0.25, 0.3) is 11.3 Å². The summed E-state index contributed by atoms with van der Waals surface area (Å²) in [5.74, 6) is 2.36. The number of halogens is 1. The Morgan fingerprint density at radius 2 is 1.80 bits per heavy atom. The number of ether oxygens (including phenoxy) is 1. The summed E-state index contributed by atoms with van der Waals surface area (Å²) in [4.78, 5) is 0. The van der Waals surface area contributed by atoms with Crippen LogP contribution in [-0.4, -0.2) is 11.7 Å². The molecule has 0 radical (unpaired) electrons. The first-order valence-corrected chi connectivity index (χ1v) is 8.65. The maximum Gasteiger partial charge on any atom is 0.257 e. The maximum atomic E-state index is 5.28. The fraction of sp³-hybridized carbons (Fsp3) is 0.286. The number of imidazole rings is 1. The van der Waals surface area contributed by atoms with Crippen LogP contribution in [0.15, 0.2) is 60.8 Å². The predicted octanol–water partition coefficient (Wildman–Crippen LogP) is 0.644. The minimum Gasteiger partial charge on any atom is -1.00 e. The van der Waals surface area contributed by atoms with Gasteiger partial charge in [-0.15, -0.1) is 0 Å². The lowest BCUT2D eigenvalue weighted by Gasteiger charge is -2.01. The van der Waals surface area contributed by atoms with Crippen molar-refractivity contribution in [1.82, 2.24) is 4.57 Å². The molecule has 4 rings (SSSR count). The van der Waals surface area contributed by atoms with E-state index in [-0.39, 0.29) is 17.0 Å². The van der Waals surface area contributed by atoms with Gasteiger partial charge in [-0.2, -0.15) is 0 Å². The van der Waals surface area contributed by atoms with E-state index in [2.05, 4.69) is 57.8 Å². The molecular formula is C21H23BrN2O. The van der Waals surface area contributed by atoms with E-state index in [1.165, 1.54) is 35.5 Å². The van der Waals surface area contributed by atoms with Gasteiger partial charge >= 0.3 is 0 Å². The Hall–Kier alpha value is -2.07. The molecule has 3 nitrogen and oxygen atoms in total. The zero-order chi connectivity index (χ0) is 16.4. The summed E-state index contributed by atoms with van der Waals surface area (Å²) >= 11 is 0. The largest absolute Gasteiger partial charge is 1.00 e. The lowest BCUT2D eigenvalue weighted by Crippen LogP contribution is -3.00. The third-order valence-corrected chi connectivity index (χ3v) is 4.86. The number of aromatic nitrogens is 2. The van der Waals surface area contributed by atoms with Crippen LogP contribution in [0.5, 0.6) is 5.75 Å². The third-order valence-electron chi connectivity index (χ3n) is 4.86. The Labute approximate surface area is 159 Å². The summed E-state index contributed by atoms with van der Waals surface area (Å²) in [6.07, 6.45) is 5.80. The lowest BCUT2D eigenvalue weighted by molar-refractivity contribution is -0.702. The van der Waals surface area contributed by atoms with E-state index < -0.39 is 0 Å². The zero-order valence-electron chi connectivity index (χ0n) is 14.5. The normalized spacial score (nSPS) is 12.5. The van der Waals surface area contributed by atoms with E-state index in [0.717, 1.165) is 25.3 Å². The molecule has 0 saturated heterocycles. The number of hydrogen-bond acceptors (Lipinski definition) is 1. The number of hydrogen-bond donors (Lipinski definition) is 0. The molecule has 130 valence electrons. The highest BCUT2D eigenvalue weighted by atomic mass is 79.9. The molecular weight excluding hydrogens is 376 g/mol. The van der Waals surface area contributed by atoms with E-state index in [4.69, 9.17) is 4.74 Å². The highest BCUT2D eigenvalue weighted by Gasteiger charge is 2.28. The standard InChI is InChI=1S/C21H23N2O.BrH/c1-24-19-11-9-18(10-12-19)20-16-22(21-8-5-14-23(20)21)15-13-17-6-3-2-4-7-17;/h2-4,6-7,9-12,16H,5,8,13-15H2,1H3;1H/q+1;/p-1. The molecule has 0 aliphatic carbocycles. The van der Waals surface area contributed by atoms with Gasteiger partial charge in [0, 0.05) is 12.0 Å². The van der Waals surface area contributed by atoms with E-state index in [1.54, 1.807) is 7.11 Å². The molecule has 0 N–H and O–H groups in total. The highest BCUT2D eigenvalue weighted by Crippen LogP contribution is 2.26. The molecule has 0 unspecified atom stereocenters. The number of nitrogens with zero attached hydrogens (tertiary/aromatic N) is 2. The van der Waals surface area contributed by atoms with Gasteiger partial charge in [-0.25, -0.2) is 9.13 Å². The van der Waals surface area contributed by atoms with Crippen LogP contribution in [0.2, 0.25) is 0 Å². The Kier molecular flexibility index (Phi) is 5.59. The summed E-state index contributed by atoms with van der Waals surface area (Å²) in [7, 11) is 1.71. The van der Waals surface area contributed by atoms with Crippen molar-refractivity contribution in [3.05, 3.63) is 72.2 Å². The van der Waals surface area contributed by atoms with E-state index >= 15 is 0 Å². The van der Waals surface area contributed by atoms with Crippen molar-refractivity contribution in [3.8, 4) is 17.0 Å². The molecule has 25 heavy (non-hydrogen) atoms. The van der Waals surface area contributed by atoms with Gasteiger partial charge in [0.25, 0.3) is 5.82 Å². The smallest absolute Gasteiger partial charge is 0.257 e. The zero-order valence-corrected chi connectivity index (χ0v) is 16.1. The number of benzene rings is 2. The van der Waals surface area contributed by atoms with Crippen molar-refractivity contribution in [3.63, 3.8) is 0 Å². The van der Waals surface area contributed by atoms with Crippen LogP contribution < -0.4 is 26.3 Å². The van der Waals surface area contributed by atoms with Gasteiger partial charge in [0.05, 0.1) is 26.6 Å². The van der Waals surface area contributed by atoms with Crippen molar-refractivity contribution in [2.45, 2.75) is 32.4 Å². The van der Waals surface area contributed by atoms with Crippen molar-refractivity contribution in [2.24, 2.45) is 0 Å². The van der Waals surface area contributed by atoms with Gasteiger partial charge in [-0.3, -0.25) is 0 Å². The molecule has 2 aromatic carbocycles. The second kappa shape index (κ2) is 7.87. The first-order chi connectivity index (χ1) is 11.8. The van der Waals surface area contributed by atoms with Gasteiger partial charge in [-0.05, 0) is 36.2 Å². The van der Waals surface area contributed by atoms with Crippen molar-refractivity contribution < 1.29 is 26.3 Å². The Balaban J connectivity index is 0.00000182. The number of rotatable bonds is 5. The minimum atomic E-state index is 0. The van der Waals surface area contributed by atoms with Gasteiger partial charge in [0.2, 0.25) is 0 Å². The number of fused-ring (bicyclic) bond motifs is 1. The van der Waals surface area contributed by atoms with E-state index in [9.17, 15) is 0 Å². The first kappa shape index (κ1) is 17.7. The van der Waals surface area contributed by atoms with E-state index in [0.29, 0.717) is 0 Å². The summed E-state index contributed by atoms with van der Waals surface area (Å²) in [5, 5.41) is 0. The minimum absolute atomic E-state index is 0. The van der Waals surface area contributed by atoms with Gasteiger partial charge < -0.3 is 21.7 Å². The van der Waals surface area contributed by atoms with E-state index in [1.807, 2.05) is 12.1 Å². The second-order valence-electron chi connectivity index (χ2n) is 6.34. The Bertz CT molecular complexity index is 825. The molecule has 2 heterocycles. The molecule has 0 bridgehead atoms. The Morgan fingerprint density at radius 1 is 1.04 bits per heavy atom. The molecule has 4 heteroatoms. The van der Waals surface area contributed by atoms with Crippen molar-refractivity contribution in [2.75, 3.05) is 7.11 Å². The highest BCUT2D eigenvalue weighted by molar-refractivity contribution is 5.59. The van der Waals surface area contributed by atoms with Gasteiger partial charge in [-0.1, -0.05) is 30.3 Å². The van der Waals surface area contributed by atoms with Crippen LogP contribution in [0.1, 0.15) is 17.8 Å². The van der Waals surface area contributed by atoms with Crippen molar-refractivity contribution >= 4 is 0 Å². The Morgan fingerprint density at radius 3 is 2.52 bits per heavy atom. The molecule has 1 aliphatic rings. The summed E-state index contributed by atoms with van der Waals surface area (Å²) in [5.41, 5.74) is 3.98. The molecule has 0 atom stereocenters. The monoisotopic (exact) mass is 398 g/mol. The maximum absolute atomic E-state index is 5.28. The van der Waals surface area contributed by atoms with Crippen LogP contribution >= 0.6 is 0 Å². The second-order valence-corrected chi connectivity index (χ2v) is 6.34. The lowest BCUT2D eigenvalue weighted by atomic mass is 10.1. The number of aryl methyl sites for hydroxylation is 2. The van der Waals surface area contributed by atoms with Crippen LogP contribution in [-0.2, 0) is 25.9 Å². The molecule has 0 amide bonds. The van der Waals surface area contributed by atoms with Gasteiger partial charge in [0.15, 0.2) is 5.69 Å². The SMILES string of the molecule is COc1ccc(-c2c[n+](CCc3ccccc3)c3n2CCC3)cc1.[Br-]. The van der Waals surface area contributed by atoms with Crippen LogP contribution in [0, 0.1) is 0 Å². The quantitative estimate of drug-likeness (QED) is 0.577. The summed E-state index contributed by atoms with van der Waals surface area (Å²) in [6.45, 7) is 2.16. The topological polar surface area (TPSA) is 18.0 Å². The fourth-order valence-electron chi connectivity index (χ4n) is 3.59. The van der Waals surface area contributed by atoms with Crippen molar-refractivity contribution in [1.29, 1.82) is 0 Å². The fourth-order valence-corrected chi connectivity index (χ4v) is 3.59. The first-order valence-electron chi connectivity index (χ1n) is 8.65. The third kappa shape index (κ3) is 3.64. The number of methoxy groups -OCH3 is 1. The van der Waals surface area contributed by atoms with Crippen LogP contribution in [0.3, 0.4) is 0 Å². The summed E-state index contributed by atoms with van der Waals surface area (Å²) < 4.78 is 10.2. The molecule has 3 aromatic rings.